The highest BCUT2D eigenvalue weighted by Crippen LogP contribution is 2.31. The summed E-state index contributed by atoms with van der Waals surface area (Å²) in [4.78, 5) is 24.1. The van der Waals surface area contributed by atoms with Crippen LogP contribution in [-0.4, -0.2) is 63.6 Å². The van der Waals surface area contributed by atoms with E-state index in [2.05, 4.69) is 5.32 Å². The van der Waals surface area contributed by atoms with E-state index >= 15 is 0 Å². The first kappa shape index (κ1) is 23.9. The van der Waals surface area contributed by atoms with E-state index in [1.54, 1.807) is 0 Å². The molecule has 1 amide bonds. The Morgan fingerprint density at radius 1 is 1.17 bits per heavy atom. The molecule has 29 heavy (non-hydrogen) atoms. The van der Waals surface area contributed by atoms with Crippen LogP contribution < -0.4 is 5.32 Å². The largest absolute Gasteiger partial charge is 0.452 e. The molecule has 0 aromatic heterocycles. The highest BCUT2D eigenvalue weighted by molar-refractivity contribution is 7.89. The van der Waals surface area contributed by atoms with Crippen molar-refractivity contribution >= 4 is 45.1 Å². The molecule has 1 aromatic rings. The van der Waals surface area contributed by atoms with E-state index in [1.165, 1.54) is 10.4 Å². The normalized spacial score (nSPS) is 15.3. The van der Waals surface area contributed by atoms with Crippen molar-refractivity contribution in [2.75, 3.05) is 32.9 Å². The number of benzene rings is 1. The summed E-state index contributed by atoms with van der Waals surface area (Å²) in [7, 11) is -3.94. The van der Waals surface area contributed by atoms with Crippen molar-refractivity contribution in [3.8, 4) is 0 Å². The summed E-state index contributed by atoms with van der Waals surface area (Å²) in [5.41, 5.74) is -0.182. The summed E-state index contributed by atoms with van der Waals surface area (Å²) < 4.78 is 37.1. The van der Waals surface area contributed by atoms with Gasteiger partial charge in [0.25, 0.3) is 5.91 Å². The van der Waals surface area contributed by atoms with Crippen LogP contribution in [0.25, 0.3) is 0 Å². The Bertz CT molecular complexity index is 852. The molecular formula is C18H24Cl2N2O6S. The second-order valence-corrected chi connectivity index (χ2v) is 9.16. The van der Waals surface area contributed by atoms with Crippen LogP contribution in [0.4, 0.5) is 0 Å². The summed E-state index contributed by atoms with van der Waals surface area (Å²) in [6.07, 6.45) is 1.50. The first-order chi connectivity index (χ1) is 13.7. The lowest BCUT2D eigenvalue weighted by atomic mass is 10.2. The maximum absolute atomic E-state index is 12.9. The monoisotopic (exact) mass is 466 g/mol. The average molecular weight is 467 g/mol. The van der Waals surface area contributed by atoms with Gasteiger partial charge in [-0.25, -0.2) is 13.2 Å². The molecular weight excluding hydrogens is 443 g/mol. The number of hydrogen-bond acceptors (Lipinski definition) is 6. The number of halogens is 2. The molecule has 1 aliphatic rings. The minimum Gasteiger partial charge on any atom is -0.452 e. The van der Waals surface area contributed by atoms with Gasteiger partial charge in [-0.1, -0.05) is 37.0 Å². The molecule has 0 spiro atoms. The van der Waals surface area contributed by atoms with Crippen LogP contribution in [0.5, 0.6) is 0 Å². The number of carbonyl (C=O) groups excluding carboxylic acids is 2. The van der Waals surface area contributed by atoms with Crippen molar-refractivity contribution in [2.45, 2.75) is 37.6 Å². The number of sulfonamides is 1. The molecule has 2 rings (SSSR count). The Kier molecular flexibility index (Phi) is 8.72. The Morgan fingerprint density at radius 2 is 1.79 bits per heavy atom. The molecule has 1 saturated heterocycles. The van der Waals surface area contributed by atoms with Gasteiger partial charge in [-0.2, -0.15) is 4.31 Å². The highest BCUT2D eigenvalue weighted by Gasteiger charge is 2.30. The summed E-state index contributed by atoms with van der Waals surface area (Å²) in [6, 6.07) is 2.25. The fraction of sp³-hybridized carbons (Fsp3) is 0.556. The predicted octanol–water partition coefficient (Wildman–Crippen LogP) is 2.48. The number of hydrogen-bond donors (Lipinski definition) is 1. The molecule has 0 saturated carbocycles. The summed E-state index contributed by atoms with van der Waals surface area (Å²) in [6.45, 7) is 4.26. The fourth-order valence-electron chi connectivity index (χ4n) is 2.78. The Labute approximate surface area is 180 Å². The van der Waals surface area contributed by atoms with Crippen molar-refractivity contribution in [2.24, 2.45) is 0 Å². The number of amides is 1. The maximum atomic E-state index is 12.9. The van der Waals surface area contributed by atoms with Crippen LogP contribution >= 0.6 is 23.2 Å². The minimum atomic E-state index is -3.94. The van der Waals surface area contributed by atoms with Gasteiger partial charge in [0.05, 0.1) is 28.8 Å². The van der Waals surface area contributed by atoms with Crippen molar-refractivity contribution in [3.05, 3.63) is 27.7 Å². The highest BCUT2D eigenvalue weighted by atomic mass is 35.5. The smallest absolute Gasteiger partial charge is 0.340 e. The fourth-order valence-corrected chi connectivity index (χ4v) is 5.01. The first-order valence-electron chi connectivity index (χ1n) is 9.24. The Balaban J connectivity index is 2.17. The molecule has 0 bridgehead atoms. The van der Waals surface area contributed by atoms with E-state index in [1.807, 2.05) is 13.8 Å². The van der Waals surface area contributed by atoms with Crippen LogP contribution in [0.2, 0.25) is 10.0 Å². The van der Waals surface area contributed by atoms with E-state index in [9.17, 15) is 18.0 Å². The minimum absolute atomic E-state index is 0.00871. The van der Waals surface area contributed by atoms with Gasteiger partial charge in [0.15, 0.2) is 6.61 Å². The van der Waals surface area contributed by atoms with Gasteiger partial charge in [0.2, 0.25) is 10.0 Å². The number of rotatable bonds is 8. The standard InChI is InChI=1S/C18H24Cl2N2O6S/c1-3-12(4-2)21-17(23)11-28-18(24)13-9-16(15(20)10-14(13)19)29(25,26)22-5-7-27-8-6-22/h9-10,12H,3-8,11H2,1-2H3,(H,21,23). The Morgan fingerprint density at radius 3 is 2.38 bits per heavy atom. The van der Waals surface area contributed by atoms with Crippen molar-refractivity contribution < 1.29 is 27.5 Å². The van der Waals surface area contributed by atoms with Crippen molar-refractivity contribution in [3.63, 3.8) is 0 Å². The van der Waals surface area contributed by atoms with E-state index in [0.717, 1.165) is 18.9 Å². The molecule has 1 heterocycles. The van der Waals surface area contributed by atoms with Gasteiger partial charge in [-0.15, -0.1) is 0 Å². The number of morpholine rings is 1. The quantitative estimate of drug-likeness (QED) is 0.590. The number of carbonyl (C=O) groups is 2. The SMILES string of the molecule is CCC(CC)NC(=O)COC(=O)c1cc(S(=O)(=O)N2CCOCC2)c(Cl)cc1Cl. The van der Waals surface area contributed by atoms with Gasteiger partial charge in [-0.3, -0.25) is 4.79 Å². The van der Waals surface area contributed by atoms with Crippen LogP contribution in [0.1, 0.15) is 37.0 Å². The molecule has 162 valence electrons. The van der Waals surface area contributed by atoms with Crippen LogP contribution in [0.15, 0.2) is 17.0 Å². The topological polar surface area (TPSA) is 102 Å². The molecule has 1 N–H and O–H groups in total. The molecule has 11 heteroatoms. The van der Waals surface area contributed by atoms with Crippen molar-refractivity contribution in [1.29, 1.82) is 0 Å². The number of ether oxygens (including phenoxy) is 2. The second kappa shape index (κ2) is 10.6. The third kappa shape index (κ3) is 6.05. The zero-order chi connectivity index (χ0) is 21.6. The van der Waals surface area contributed by atoms with Gasteiger partial charge >= 0.3 is 5.97 Å². The second-order valence-electron chi connectivity index (χ2n) is 6.44. The molecule has 0 aliphatic carbocycles. The number of nitrogens with zero attached hydrogens (tertiary/aromatic N) is 1. The number of nitrogens with one attached hydrogen (secondary N) is 1. The maximum Gasteiger partial charge on any atom is 0.340 e. The predicted molar refractivity (Wildman–Crippen MR) is 109 cm³/mol. The van der Waals surface area contributed by atoms with E-state index in [-0.39, 0.29) is 52.8 Å². The van der Waals surface area contributed by atoms with E-state index < -0.39 is 28.5 Å². The van der Waals surface area contributed by atoms with Gasteiger partial charge < -0.3 is 14.8 Å². The zero-order valence-corrected chi connectivity index (χ0v) is 18.6. The molecule has 8 nitrogen and oxygen atoms in total. The number of esters is 1. The van der Waals surface area contributed by atoms with Gasteiger partial charge in [-0.05, 0) is 25.0 Å². The van der Waals surface area contributed by atoms with Crippen LogP contribution in [-0.2, 0) is 24.3 Å². The molecule has 0 atom stereocenters. The van der Waals surface area contributed by atoms with Crippen LogP contribution in [0.3, 0.4) is 0 Å². The van der Waals surface area contributed by atoms with E-state index in [0.29, 0.717) is 0 Å². The summed E-state index contributed by atoms with van der Waals surface area (Å²) >= 11 is 12.2. The van der Waals surface area contributed by atoms with E-state index in [4.69, 9.17) is 32.7 Å². The van der Waals surface area contributed by atoms with Crippen molar-refractivity contribution in [1.82, 2.24) is 9.62 Å². The third-order valence-corrected chi connectivity index (χ3v) is 7.19. The molecule has 0 unspecified atom stereocenters. The summed E-state index contributed by atoms with van der Waals surface area (Å²) in [5, 5.41) is 2.57. The Hall–Kier alpha value is -1.39. The molecule has 1 aromatic carbocycles. The lowest BCUT2D eigenvalue weighted by Crippen LogP contribution is -2.40. The lowest BCUT2D eigenvalue weighted by molar-refractivity contribution is -0.125. The third-order valence-electron chi connectivity index (χ3n) is 4.51. The summed E-state index contributed by atoms with van der Waals surface area (Å²) in [5.74, 6) is -1.36. The first-order valence-corrected chi connectivity index (χ1v) is 11.4. The lowest BCUT2D eigenvalue weighted by Gasteiger charge is -2.26. The van der Waals surface area contributed by atoms with Gasteiger partial charge in [0.1, 0.15) is 4.90 Å². The molecule has 1 fully saturated rings. The molecule has 0 radical (unpaired) electrons. The average Bonchev–Trinajstić information content (AvgIpc) is 2.70. The van der Waals surface area contributed by atoms with Crippen LogP contribution in [0, 0.1) is 0 Å². The zero-order valence-electron chi connectivity index (χ0n) is 16.2. The van der Waals surface area contributed by atoms with Gasteiger partial charge in [0, 0.05) is 19.1 Å². The molecule has 1 aliphatic heterocycles.